The van der Waals surface area contributed by atoms with Gasteiger partial charge in [0.1, 0.15) is 11.0 Å². The quantitative estimate of drug-likeness (QED) is 0.255. The Bertz CT molecular complexity index is 771. The number of hydrogen-bond donors (Lipinski definition) is 2. The maximum atomic E-state index is 6.27. The van der Waals surface area contributed by atoms with Gasteiger partial charge in [0.15, 0.2) is 5.96 Å². The van der Waals surface area contributed by atoms with E-state index in [0.29, 0.717) is 22.8 Å². The van der Waals surface area contributed by atoms with Crippen molar-refractivity contribution in [1.29, 1.82) is 0 Å². The van der Waals surface area contributed by atoms with Gasteiger partial charge in [-0.3, -0.25) is 4.99 Å². The van der Waals surface area contributed by atoms with E-state index in [4.69, 9.17) is 23.2 Å². The van der Waals surface area contributed by atoms with Crippen LogP contribution in [0.3, 0.4) is 0 Å². The molecule has 0 bridgehead atoms. The standard InChI is InChI=1S/C19H24Cl2N6.HI/c1-2-22-19(24-10-7-14-5-6-17(21)25-12-14)26-15-8-11-27(13-15)18-16(20)4-3-9-23-18;/h3-6,9,12,15H,2,7-8,10-11,13H2,1H3,(H2,22,24,26);1H. The minimum atomic E-state index is 0. The summed E-state index contributed by atoms with van der Waals surface area (Å²) in [5.74, 6) is 1.68. The van der Waals surface area contributed by atoms with Crippen LogP contribution in [0.4, 0.5) is 5.82 Å². The number of rotatable bonds is 6. The fourth-order valence-electron chi connectivity index (χ4n) is 3.05. The van der Waals surface area contributed by atoms with E-state index in [9.17, 15) is 0 Å². The lowest BCUT2D eigenvalue weighted by Crippen LogP contribution is -2.44. The molecule has 0 spiro atoms. The van der Waals surface area contributed by atoms with Gasteiger partial charge in [0.05, 0.1) is 5.02 Å². The Morgan fingerprint density at radius 3 is 2.86 bits per heavy atom. The zero-order valence-electron chi connectivity index (χ0n) is 15.7. The molecule has 1 fully saturated rings. The number of anilines is 1. The van der Waals surface area contributed by atoms with E-state index in [1.807, 2.05) is 18.2 Å². The van der Waals surface area contributed by atoms with Crippen LogP contribution in [-0.2, 0) is 6.42 Å². The normalized spacial score (nSPS) is 16.6. The summed E-state index contributed by atoms with van der Waals surface area (Å²) in [5.41, 5.74) is 1.12. The number of aromatic nitrogens is 2. The number of hydrogen-bond acceptors (Lipinski definition) is 4. The summed E-state index contributed by atoms with van der Waals surface area (Å²) in [6, 6.07) is 7.82. The molecule has 9 heteroatoms. The van der Waals surface area contributed by atoms with Gasteiger partial charge in [-0.2, -0.15) is 0 Å². The topological polar surface area (TPSA) is 65.4 Å². The van der Waals surface area contributed by atoms with Crippen LogP contribution in [0, 0.1) is 0 Å². The molecule has 1 saturated heterocycles. The zero-order valence-corrected chi connectivity index (χ0v) is 19.6. The summed E-state index contributed by atoms with van der Waals surface area (Å²) < 4.78 is 0. The van der Waals surface area contributed by atoms with Crippen molar-refractivity contribution in [3.63, 3.8) is 0 Å². The SMILES string of the molecule is CCNC(=NCCc1ccc(Cl)nc1)NC1CCN(c2ncccc2Cl)C1.I. The van der Waals surface area contributed by atoms with Gasteiger partial charge in [0.2, 0.25) is 0 Å². The minimum Gasteiger partial charge on any atom is -0.357 e. The average molecular weight is 535 g/mol. The first-order valence-electron chi connectivity index (χ1n) is 9.16. The molecule has 28 heavy (non-hydrogen) atoms. The summed E-state index contributed by atoms with van der Waals surface area (Å²) in [5, 5.41) is 8.03. The van der Waals surface area contributed by atoms with Crippen molar-refractivity contribution in [2.24, 2.45) is 4.99 Å². The van der Waals surface area contributed by atoms with Gasteiger partial charge in [-0.25, -0.2) is 9.97 Å². The highest BCUT2D eigenvalue weighted by Gasteiger charge is 2.25. The molecule has 2 aromatic heterocycles. The highest BCUT2D eigenvalue weighted by atomic mass is 127. The van der Waals surface area contributed by atoms with Gasteiger partial charge in [-0.1, -0.05) is 29.3 Å². The van der Waals surface area contributed by atoms with Crippen LogP contribution in [-0.4, -0.2) is 48.1 Å². The number of guanidine groups is 1. The summed E-state index contributed by atoms with van der Waals surface area (Å²) in [6.45, 7) is 5.33. The van der Waals surface area contributed by atoms with Gasteiger partial charge < -0.3 is 15.5 Å². The van der Waals surface area contributed by atoms with Crippen LogP contribution in [0.25, 0.3) is 0 Å². The fraction of sp³-hybridized carbons (Fsp3) is 0.421. The van der Waals surface area contributed by atoms with Crippen molar-refractivity contribution in [3.05, 3.63) is 52.4 Å². The van der Waals surface area contributed by atoms with Crippen LogP contribution in [0.15, 0.2) is 41.7 Å². The second kappa shape index (κ2) is 11.6. The predicted molar refractivity (Wildman–Crippen MR) is 127 cm³/mol. The molecule has 1 aliphatic heterocycles. The largest absolute Gasteiger partial charge is 0.357 e. The fourth-order valence-corrected chi connectivity index (χ4v) is 3.40. The summed E-state index contributed by atoms with van der Waals surface area (Å²) in [6.07, 6.45) is 5.41. The Balaban J connectivity index is 0.00000280. The molecular weight excluding hydrogens is 510 g/mol. The Morgan fingerprint density at radius 2 is 2.14 bits per heavy atom. The van der Waals surface area contributed by atoms with E-state index in [0.717, 1.165) is 49.8 Å². The molecule has 0 radical (unpaired) electrons. The summed E-state index contributed by atoms with van der Waals surface area (Å²) in [7, 11) is 0. The first-order valence-corrected chi connectivity index (χ1v) is 9.92. The van der Waals surface area contributed by atoms with Crippen molar-refractivity contribution in [2.45, 2.75) is 25.8 Å². The second-order valence-corrected chi connectivity index (χ2v) is 7.18. The maximum absolute atomic E-state index is 6.27. The van der Waals surface area contributed by atoms with E-state index in [1.54, 1.807) is 18.5 Å². The number of aliphatic imine (C=N–C) groups is 1. The summed E-state index contributed by atoms with van der Waals surface area (Å²) >= 11 is 12.1. The monoisotopic (exact) mass is 534 g/mol. The van der Waals surface area contributed by atoms with E-state index >= 15 is 0 Å². The number of pyridine rings is 2. The molecule has 6 nitrogen and oxygen atoms in total. The van der Waals surface area contributed by atoms with Crippen molar-refractivity contribution in [2.75, 3.05) is 31.1 Å². The van der Waals surface area contributed by atoms with Crippen molar-refractivity contribution in [3.8, 4) is 0 Å². The Kier molecular flexibility index (Phi) is 9.53. The average Bonchev–Trinajstić information content (AvgIpc) is 3.12. The second-order valence-electron chi connectivity index (χ2n) is 6.38. The van der Waals surface area contributed by atoms with Gasteiger partial charge in [-0.15, -0.1) is 24.0 Å². The molecule has 2 aromatic rings. The van der Waals surface area contributed by atoms with E-state index in [2.05, 4.69) is 37.4 Å². The molecule has 0 amide bonds. The lowest BCUT2D eigenvalue weighted by atomic mass is 10.2. The Morgan fingerprint density at radius 1 is 1.29 bits per heavy atom. The molecule has 1 atom stereocenters. The van der Waals surface area contributed by atoms with Crippen LogP contribution >= 0.6 is 47.2 Å². The van der Waals surface area contributed by atoms with Gasteiger partial charge in [-0.05, 0) is 43.5 Å². The number of halogens is 3. The molecular formula is C19H25Cl2IN6. The highest BCUT2D eigenvalue weighted by Crippen LogP contribution is 2.25. The Hall–Kier alpha value is -1.32. The molecule has 0 aliphatic carbocycles. The molecule has 0 aromatic carbocycles. The van der Waals surface area contributed by atoms with E-state index in [1.165, 1.54) is 0 Å². The number of nitrogens with one attached hydrogen (secondary N) is 2. The van der Waals surface area contributed by atoms with E-state index in [-0.39, 0.29) is 24.0 Å². The van der Waals surface area contributed by atoms with Crippen LogP contribution in [0.2, 0.25) is 10.2 Å². The molecule has 3 rings (SSSR count). The van der Waals surface area contributed by atoms with Gasteiger partial charge in [0, 0.05) is 44.6 Å². The van der Waals surface area contributed by atoms with Crippen LogP contribution in [0.1, 0.15) is 18.9 Å². The molecule has 2 N–H and O–H groups in total. The molecule has 1 unspecified atom stereocenters. The molecule has 152 valence electrons. The molecule has 1 aliphatic rings. The van der Waals surface area contributed by atoms with Crippen molar-refractivity contribution in [1.82, 2.24) is 20.6 Å². The highest BCUT2D eigenvalue weighted by molar-refractivity contribution is 14.0. The summed E-state index contributed by atoms with van der Waals surface area (Å²) in [4.78, 5) is 15.4. The first-order chi connectivity index (χ1) is 13.2. The maximum Gasteiger partial charge on any atom is 0.191 e. The van der Waals surface area contributed by atoms with E-state index < -0.39 is 0 Å². The zero-order chi connectivity index (χ0) is 19.1. The predicted octanol–water partition coefficient (Wildman–Crippen LogP) is 3.78. The lowest BCUT2D eigenvalue weighted by Gasteiger charge is -2.20. The molecule has 3 heterocycles. The first kappa shape index (κ1) is 23.0. The van der Waals surface area contributed by atoms with Gasteiger partial charge >= 0.3 is 0 Å². The van der Waals surface area contributed by atoms with Gasteiger partial charge in [0.25, 0.3) is 0 Å². The van der Waals surface area contributed by atoms with Crippen LogP contribution < -0.4 is 15.5 Å². The molecule has 0 saturated carbocycles. The minimum absolute atomic E-state index is 0. The smallest absolute Gasteiger partial charge is 0.191 e. The third kappa shape index (κ3) is 6.63. The number of nitrogens with zero attached hydrogens (tertiary/aromatic N) is 4. The van der Waals surface area contributed by atoms with Crippen molar-refractivity contribution >= 4 is 59.0 Å². The van der Waals surface area contributed by atoms with Crippen LogP contribution in [0.5, 0.6) is 0 Å². The van der Waals surface area contributed by atoms with Crippen molar-refractivity contribution < 1.29 is 0 Å². The lowest BCUT2D eigenvalue weighted by molar-refractivity contribution is 0.648. The third-order valence-electron chi connectivity index (χ3n) is 4.37. The third-order valence-corrected chi connectivity index (χ3v) is 4.89. The Labute approximate surface area is 193 Å².